The molecule has 1 amide bonds. The van der Waals surface area contributed by atoms with Crippen LogP contribution < -0.4 is 9.64 Å². The van der Waals surface area contributed by atoms with Gasteiger partial charge in [-0.2, -0.15) is 0 Å². The Hall–Kier alpha value is -3.12. The highest BCUT2D eigenvalue weighted by molar-refractivity contribution is 5.94. The molecule has 1 saturated heterocycles. The summed E-state index contributed by atoms with van der Waals surface area (Å²) in [4.78, 5) is 20.6. The molecule has 2 heterocycles. The second kappa shape index (κ2) is 8.09. The minimum absolute atomic E-state index is 0.0652. The van der Waals surface area contributed by atoms with Crippen LogP contribution in [-0.2, 0) is 0 Å². The predicted molar refractivity (Wildman–Crippen MR) is 113 cm³/mol. The molecule has 0 bridgehead atoms. The quantitative estimate of drug-likeness (QED) is 0.741. The predicted octanol–water partition coefficient (Wildman–Crippen LogP) is 2.96. The zero-order chi connectivity index (χ0) is 20.4. The van der Waals surface area contributed by atoms with Crippen molar-refractivity contribution >= 4 is 22.4 Å². The summed E-state index contributed by atoms with van der Waals surface area (Å²) in [6.07, 6.45) is 3.05. The highest BCUT2D eigenvalue weighted by Crippen LogP contribution is 2.24. The van der Waals surface area contributed by atoms with Crippen LogP contribution in [0.3, 0.4) is 0 Å². The fraction of sp³-hybridized carbons (Fsp3) is 0.304. The van der Waals surface area contributed by atoms with Crippen molar-refractivity contribution in [2.24, 2.45) is 0 Å². The van der Waals surface area contributed by atoms with Gasteiger partial charge in [-0.3, -0.25) is 9.78 Å². The normalized spacial score (nSPS) is 19.2. The number of nitrogens with zero attached hydrogens (tertiary/aromatic N) is 3. The number of carbonyl (C=O) groups is 1. The molecule has 6 nitrogen and oxygen atoms in total. The lowest BCUT2D eigenvalue weighted by Gasteiger charge is -2.36. The van der Waals surface area contributed by atoms with Crippen LogP contribution in [0.5, 0.6) is 5.75 Å². The lowest BCUT2D eigenvalue weighted by Crippen LogP contribution is -2.51. The Bertz CT molecular complexity index is 1000. The van der Waals surface area contributed by atoms with E-state index in [1.807, 2.05) is 67.5 Å². The van der Waals surface area contributed by atoms with Gasteiger partial charge in [0.1, 0.15) is 18.0 Å². The van der Waals surface area contributed by atoms with Crippen LogP contribution in [0.25, 0.3) is 10.8 Å². The van der Waals surface area contributed by atoms with Gasteiger partial charge < -0.3 is 19.6 Å². The fourth-order valence-electron chi connectivity index (χ4n) is 3.63. The molecule has 1 N–H and O–H groups in total. The van der Waals surface area contributed by atoms with Crippen molar-refractivity contribution in [3.63, 3.8) is 0 Å². The number of carbonyl (C=O) groups excluding carboxylic acids is 1. The van der Waals surface area contributed by atoms with Crippen molar-refractivity contribution in [2.75, 3.05) is 32.1 Å². The van der Waals surface area contributed by atoms with Gasteiger partial charge in [0.05, 0.1) is 6.54 Å². The molecule has 0 radical (unpaired) electrons. The van der Waals surface area contributed by atoms with Crippen molar-refractivity contribution in [1.29, 1.82) is 0 Å². The zero-order valence-corrected chi connectivity index (χ0v) is 16.7. The standard InChI is InChI=1S/C23H25N3O3/c1-25(2)19-6-3-17(4-7-19)23(28)26-12-10-22(21(27)15-26)29-20-8-5-16-9-11-24-14-18(16)13-20/h3-9,11,13-14,21-22,27H,10,12,15H2,1-2H3/t21-,22-/m1/s1. The lowest BCUT2D eigenvalue weighted by molar-refractivity contribution is -0.0198. The third-order valence-electron chi connectivity index (χ3n) is 5.34. The monoisotopic (exact) mass is 391 g/mol. The first-order valence-electron chi connectivity index (χ1n) is 9.76. The SMILES string of the molecule is CN(C)c1ccc(C(=O)N2CC[C@@H](Oc3ccc4ccncc4c3)[C@H](O)C2)cc1. The molecule has 2 aromatic carbocycles. The molecule has 1 aromatic heterocycles. The molecule has 0 aliphatic carbocycles. The van der Waals surface area contributed by atoms with Crippen LogP contribution in [0.4, 0.5) is 5.69 Å². The van der Waals surface area contributed by atoms with Crippen molar-refractivity contribution in [3.05, 3.63) is 66.5 Å². The third-order valence-corrected chi connectivity index (χ3v) is 5.34. The van der Waals surface area contributed by atoms with Gasteiger partial charge in [-0.25, -0.2) is 0 Å². The highest BCUT2D eigenvalue weighted by atomic mass is 16.5. The fourth-order valence-corrected chi connectivity index (χ4v) is 3.63. The Balaban J connectivity index is 1.40. The summed E-state index contributed by atoms with van der Waals surface area (Å²) in [6.45, 7) is 0.805. The zero-order valence-electron chi connectivity index (χ0n) is 16.7. The maximum Gasteiger partial charge on any atom is 0.253 e. The van der Waals surface area contributed by atoms with Gasteiger partial charge in [-0.15, -0.1) is 0 Å². The van der Waals surface area contributed by atoms with Crippen molar-refractivity contribution in [3.8, 4) is 5.75 Å². The van der Waals surface area contributed by atoms with Gasteiger partial charge in [0.25, 0.3) is 5.91 Å². The van der Waals surface area contributed by atoms with E-state index in [0.717, 1.165) is 16.5 Å². The molecule has 4 rings (SSSR count). The number of benzene rings is 2. The number of ether oxygens (including phenoxy) is 1. The summed E-state index contributed by atoms with van der Waals surface area (Å²) < 4.78 is 6.03. The van der Waals surface area contributed by atoms with E-state index in [9.17, 15) is 9.90 Å². The summed E-state index contributed by atoms with van der Waals surface area (Å²) in [5.74, 6) is 0.637. The van der Waals surface area contributed by atoms with Gasteiger partial charge in [0.15, 0.2) is 0 Å². The van der Waals surface area contributed by atoms with Crippen LogP contribution in [0, 0.1) is 0 Å². The number of piperidine rings is 1. The first-order valence-corrected chi connectivity index (χ1v) is 9.76. The second-order valence-electron chi connectivity index (χ2n) is 7.59. The molecule has 0 saturated carbocycles. The maximum absolute atomic E-state index is 12.8. The summed E-state index contributed by atoms with van der Waals surface area (Å²) in [6, 6.07) is 15.3. The Morgan fingerprint density at radius 1 is 1.14 bits per heavy atom. The van der Waals surface area contributed by atoms with Crippen molar-refractivity contribution in [2.45, 2.75) is 18.6 Å². The van der Waals surface area contributed by atoms with Gasteiger partial charge in [-0.05, 0) is 47.9 Å². The summed E-state index contributed by atoms with van der Waals surface area (Å²) in [5, 5.41) is 12.7. The lowest BCUT2D eigenvalue weighted by atomic mass is 10.0. The topological polar surface area (TPSA) is 65.9 Å². The number of fused-ring (bicyclic) bond motifs is 1. The number of β-amino-alcohol motifs (C(OH)–C–C–N with tert-alkyl or cyclic N) is 1. The second-order valence-corrected chi connectivity index (χ2v) is 7.59. The van der Waals surface area contributed by atoms with E-state index in [2.05, 4.69) is 4.98 Å². The molecule has 1 fully saturated rings. The maximum atomic E-state index is 12.8. The van der Waals surface area contributed by atoms with Crippen LogP contribution in [-0.4, -0.2) is 60.3 Å². The average Bonchev–Trinajstić information content (AvgIpc) is 2.74. The number of pyridine rings is 1. The Labute approximate surface area is 170 Å². The molecular weight excluding hydrogens is 366 g/mol. The van der Waals surface area contributed by atoms with Crippen LogP contribution in [0.2, 0.25) is 0 Å². The molecule has 29 heavy (non-hydrogen) atoms. The Morgan fingerprint density at radius 3 is 2.66 bits per heavy atom. The van der Waals surface area contributed by atoms with Gasteiger partial charge in [0, 0.05) is 56.1 Å². The van der Waals surface area contributed by atoms with Crippen LogP contribution in [0.15, 0.2) is 60.9 Å². The van der Waals surface area contributed by atoms with Gasteiger partial charge >= 0.3 is 0 Å². The molecule has 0 spiro atoms. The van der Waals surface area contributed by atoms with Gasteiger partial charge in [-0.1, -0.05) is 6.07 Å². The van der Waals surface area contributed by atoms with Crippen LogP contribution >= 0.6 is 0 Å². The van der Waals surface area contributed by atoms with Gasteiger partial charge in [0.2, 0.25) is 0 Å². The first kappa shape index (κ1) is 19.2. The average molecular weight is 391 g/mol. The number of aliphatic hydroxyl groups is 1. The number of hydrogen-bond donors (Lipinski definition) is 1. The molecule has 3 aromatic rings. The van der Waals surface area contributed by atoms with Crippen molar-refractivity contribution < 1.29 is 14.6 Å². The van der Waals surface area contributed by atoms with Crippen LogP contribution in [0.1, 0.15) is 16.8 Å². The van der Waals surface area contributed by atoms with E-state index in [1.54, 1.807) is 17.3 Å². The molecule has 2 atom stereocenters. The number of amides is 1. The molecule has 6 heteroatoms. The smallest absolute Gasteiger partial charge is 0.253 e. The molecule has 1 aliphatic heterocycles. The van der Waals surface area contributed by atoms with E-state index >= 15 is 0 Å². The Morgan fingerprint density at radius 2 is 1.93 bits per heavy atom. The van der Waals surface area contributed by atoms with Crippen molar-refractivity contribution in [1.82, 2.24) is 9.88 Å². The minimum atomic E-state index is -0.738. The first-order chi connectivity index (χ1) is 14.0. The number of rotatable bonds is 4. The molecule has 0 unspecified atom stereocenters. The van der Waals surface area contributed by atoms with E-state index in [4.69, 9.17) is 4.74 Å². The number of aliphatic hydroxyl groups excluding tert-OH is 1. The molecule has 150 valence electrons. The molecule has 1 aliphatic rings. The third kappa shape index (κ3) is 4.17. The van der Waals surface area contributed by atoms with E-state index < -0.39 is 6.10 Å². The number of anilines is 1. The number of hydrogen-bond acceptors (Lipinski definition) is 5. The number of likely N-dealkylation sites (tertiary alicyclic amines) is 1. The largest absolute Gasteiger partial charge is 0.488 e. The van der Waals surface area contributed by atoms with E-state index in [-0.39, 0.29) is 18.6 Å². The van der Waals surface area contributed by atoms with E-state index in [0.29, 0.717) is 24.3 Å². The minimum Gasteiger partial charge on any atom is -0.488 e. The summed E-state index contributed by atoms with van der Waals surface area (Å²) in [5.41, 5.74) is 1.67. The summed E-state index contributed by atoms with van der Waals surface area (Å²) in [7, 11) is 3.92. The Kier molecular flexibility index (Phi) is 5.36. The highest BCUT2D eigenvalue weighted by Gasteiger charge is 2.32. The number of aromatic nitrogens is 1. The molecular formula is C23H25N3O3. The summed E-state index contributed by atoms with van der Waals surface area (Å²) >= 11 is 0. The van der Waals surface area contributed by atoms with E-state index in [1.165, 1.54) is 0 Å².